The quantitative estimate of drug-likeness (QED) is 0.449. The molecule has 1 aliphatic heterocycles. The van der Waals surface area contributed by atoms with Crippen LogP contribution in [0.15, 0.2) is 29.2 Å². The minimum absolute atomic E-state index is 0. The maximum atomic E-state index is 13.4. The first-order chi connectivity index (χ1) is 15.1. The molecule has 12 heteroatoms. The van der Waals surface area contributed by atoms with Gasteiger partial charge in [0.1, 0.15) is 11.8 Å². The van der Waals surface area contributed by atoms with Crippen LogP contribution in [0.4, 0.5) is 0 Å². The van der Waals surface area contributed by atoms with Crippen molar-refractivity contribution >= 4 is 34.3 Å². The Balaban J connectivity index is 0.00000544. The molecule has 1 aromatic rings. The molecule has 2 rings (SSSR count). The van der Waals surface area contributed by atoms with Gasteiger partial charge >= 0.3 is 5.97 Å². The minimum Gasteiger partial charge on any atom is -0.497 e. The predicted molar refractivity (Wildman–Crippen MR) is 125 cm³/mol. The van der Waals surface area contributed by atoms with Crippen molar-refractivity contribution in [2.24, 2.45) is 5.92 Å². The van der Waals surface area contributed by atoms with E-state index in [1.807, 2.05) is 4.90 Å². The van der Waals surface area contributed by atoms with Gasteiger partial charge in [-0.1, -0.05) is 13.8 Å². The second kappa shape index (κ2) is 13.1. The first kappa shape index (κ1) is 29.1. The Morgan fingerprint density at radius 2 is 1.70 bits per heavy atom. The van der Waals surface area contributed by atoms with E-state index in [-0.39, 0.29) is 42.8 Å². The highest BCUT2D eigenvalue weighted by atomic mass is 35.5. The molecule has 10 nitrogen and oxygen atoms in total. The maximum absolute atomic E-state index is 13.4. The van der Waals surface area contributed by atoms with Crippen LogP contribution in [0.25, 0.3) is 0 Å². The molecule has 1 fully saturated rings. The number of rotatable bonds is 11. The Kier molecular flexibility index (Phi) is 11.5. The molecular weight excluding hydrogens is 474 g/mol. The lowest BCUT2D eigenvalue weighted by molar-refractivity contribution is -0.143. The Morgan fingerprint density at radius 3 is 2.15 bits per heavy atom. The summed E-state index contributed by atoms with van der Waals surface area (Å²) in [6.45, 7) is 5.86. The second-order valence-electron chi connectivity index (χ2n) is 8.01. The highest BCUT2D eigenvalue weighted by Gasteiger charge is 2.38. The Labute approximate surface area is 201 Å². The van der Waals surface area contributed by atoms with Gasteiger partial charge in [0, 0.05) is 45.7 Å². The van der Waals surface area contributed by atoms with Crippen LogP contribution in [0.3, 0.4) is 0 Å². The van der Waals surface area contributed by atoms with E-state index in [0.717, 1.165) is 4.31 Å². The molecule has 0 radical (unpaired) electrons. The van der Waals surface area contributed by atoms with Gasteiger partial charge in [-0.15, -0.1) is 12.4 Å². The maximum Gasteiger partial charge on any atom is 0.322 e. The number of aliphatic carboxylic acids is 1. The van der Waals surface area contributed by atoms with E-state index in [2.05, 4.69) is 0 Å². The van der Waals surface area contributed by atoms with Crippen molar-refractivity contribution in [3.05, 3.63) is 24.3 Å². The number of halogens is 1. The Bertz CT molecular complexity index is 872. The van der Waals surface area contributed by atoms with Gasteiger partial charge in [0.2, 0.25) is 15.9 Å². The van der Waals surface area contributed by atoms with Crippen molar-refractivity contribution in [3.63, 3.8) is 0 Å². The molecule has 1 aliphatic rings. The van der Waals surface area contributed by atoms with E-state index in [1.54, 1.807) is 18.7 Å². The summed E-state index contributed by atoms with van der Waals surface area (Å²) in [5.74, 6) is -1.51. The lowest BCUT2D eigenvalue weighted by atomic mass is 10.0. The fraction of sp³-hybridized carbons (Fsp3) is 0.619. The number of carboxylic acid groups (broad SMARTS) is 1. The molecule has 33 heavy (non-hydrogen) atoms. The number of aliphatic hydroxyl groups excluding tert-OH is 1. The smallest absolute Gasteiger partial charge is 0.322 e. The number of sulfonamides is 1. The third-order valence-corrected chi connectivity index (χ3v) is 7.44. The van der Waals surface area contributed by atoms with Gasteiger partial charge in [0.15, 0.2) is 0 Å². The third-order valence-electron chi connectivity index (χ3n) is 5.55. The van der Waals surface area contributed by atoms with Crippen molar-refractivity contribution in [3.8, 4) is 5.75 Å². The summed E-state index contributed by atoms with van der Waals surface area (Å²) in [7, 11) is -2.71. The van der Waals surface area contributed by atoms with Crippen LogP contribution in [0.2, 0.25) is 0 Å². The van der Waals surface area contributed by atoms with Crippen LogP contribution in [0, 0.1) is 5.92 Å². The van der Waals surface area contributed by atoms with E-state index < -0.39 is 28.0 Å². The van der Waals surface area contributed by atoms with Gasteiger partial charge < -0.3 is 19.8 Å². The molecule has 0 aliphatic carbocycles. The van der Waals surface area contributed by atoms with E-state index in [9.17, 15) is 23.1 Å². The van der Waals surface area contributed by atoms with Crippen molar-refractivity contribution in [2.45, 2.75) is 31.2 Å². The summed E-state index contributed by atoms with van der Waals surface area (Å²) < 4.78 is 32.7. The average Bonchev–Trinajstić information content (AvgIpc) is 2.76. The number of hydrogen-bond donors (Lipinski definition) is 2. The molecule has 1 saturated heterocycles. The summed E-state index contributed by atoms with van der Waals surface area (Å²) in [5.41, 5.74) is 0. The second-order valence-corrected chi connectivity index (χ2v) is 9.90. The molecule has 1 atom stereocenters. The fourth-order valence-electron chi connectivity index (χ4n) is 3.76. The van der Waals surface area contributed by atoms with E-state index >= 15 is 0 Å². The number of nitrogens with zero attached hydrogens (tertiary/aromatic N) is 3. The number of carbonyl (C=O) groups excluding carboxylic acids is 1. The molecule has 2 N–H and O–H groups in total. The standard InChI is InChI=1S/C21H33N3O7S.ClH/c1-16(2)20(21(27)28)24(32(29,30)18-6-4-17(31-3)5-7-18)9-8-19(26)23-12-10-22(11-13-23)14-15-25;/h4-7,16,20,25H,8-15H2,1-3H3,(H,27,28);1H. The SMILES string of the molecule is COc1ccc(S(=O)(=O)N(CCC(=O)N2CCN(CCO)CC2)C(C(=O)O)C(C)C)cc1.Cl. The summed E-state index contributed by atoms with van der Waals surface area (Å²) in [6, 6.07) is 4.40. The Morgan fingerprint density at radius 1 is 1.12 bits per heavy atom. The van der Waals surface area contributed by atoms with Gasteiger partial charge in [0.25, 0.3) is 0 Å². The normalized spacial score (nSPS) is 15.9. The predicted octanol–water partition coefficient (Wildman–Crippen LogP) is 0.744. The summed E-state index contributed by atoms with van der Waals surface area (Å²) in [4.78, 5) is 28.3. The van der Waals surface area contributed by atoms with Crippen LogP contribution in [0.1, 0.15) is 20.3 Å². The molecular formula is C21H34ClN3O7S. The van der Waals surface area contributed by atoms with Gasteiger partial charge in [-0.3, -0.25) is 14.5 Å². The number of β-amino-alcohol motifs (C(OH)–C–C–N with tert-alkyl or cyclic N) is 1. The van der Waals surface area contributed by atoms with Crippen LogP contribution in [-0.4, -0.2) is 104 Å². The number of carboxylic acids is 1. The van der Waals surface area contributed by atoms with Crippen LogP contribution >= 0.6 is 12.4 Å². The van der Waals surface area contributed by atoms with Gasteiger partial charge in [-0.25, -0.2) is 8.42 Å². The van der Waals surface area contributed by atoms with E-state index in [1.165, 1.54) is 31.4 Å². The monoisotopic (exact) mass is 507 g/mol. The molecule has 1 heterocycles. The van der Waals surface area contributed by atoms with Crippen molar-refractivity contribution < 1.29 is 33.0 Å². The zero-order chi connectivity index (χ0) is 23.9. The number of amides is 1. The zero-order valence-electron chi connectivity index (χ0n) is 19.2. The largest absolute Gasteiger partial charge is 0.497 e. The summed E-state index contributed by atoms with van der Waals surface area (Å²) in [6.07, 6.45) is -0.119. The van der Waals surface area contributed by atoms with E-state index in [4.69, 9.17) is 9.84 Å². The number of methoxy groups -OCH3 is 1. The fourth-order valence-corrected chi connectivity index (χ4v) is 5.47. The van der Waals surface area contributed by atoms with Crippen molar-refractivity contribution in [2.75, 3.05) is 53.0 Å². The van der Waals surface area contributed by atoms with Gasteiger partial charge in [0.05, 0.1) is 18.6 Å². The number of carbonyl (C=O) groups is 2. The third kappa shape index (κ3) is 7.54. The summed E-state index contributed by atoms with van der Waals surface area (Å²) >= 11 is 0. The average molecular weight is 508 g/mol. The Hall–Kier alpha value is -1.92. The van der Waals surface area contributed by atoms with Crippen LogP contribution < -0.4 is 4.74 Å². The minimum atomic E-state index is -4.17. The zero-order valence-corrected chi connectivity index (χ0v) is 20.8. The molecule has 1 unspecified atom stereocenters. The highest BCUT2D eigenvalue weighted by Crippen LogP contribution is 2.25. The van der Waals surface area contributed by atoms with Gasteiger partial charge in [-0.2, -0.15) is 4.31 Å². The lowest BCUT2D eigenvalue weighted by Crippen LogP contribution is -2.51. The molecule has 0 spiro atoms. The van der Waals surface area contributed by atoms with Gasteiger partial charge in [-0.05, 0) is 30.2 Å². The number of aliphatic hydroxyl groups is 1. The molecule has 188 valence electrons. The van der Waals surface area contributed by atoms with Crippen LogP contribution in [0.5, 0.6) is 5.75 Å². The molecule has 0 bridgehead atoms. The summed E-state index contributed by atoms with van der Waals surface area (Å²) in [5, 5.41) is 18.8. The van der Waals surface area contributed by atoms with Crippen molar-refractivity contribution in [1.29, 1.82) is 0 Å². The lowest BCUT2D eigenvalue weighted by Gasteiger charge is -2.35. The van der Waals surface area contributed by atoms with Crippen molar-refractivity contribution in [1.82, 2.24) is 14.1 Å². The molecule has 0 aromatic heterocycles. The number of piperazine rings is 1. The molecule has 0 saturated carbocycles. The van der Waals surface area contributed by atoms with Crippen LogP contribution in [-0.2, 0) is 19.6 Å². The first-order valence-corrected chi connectivity index (χ1v) is 12.1. The molecule has 1 amide bonds. The first-order valence-electron chi connectivity index (χ1n) is 10.6. The number of benzene rings is 1. The number of hydrogen-bond acceptors (Lipinski definition) is 7. The van der Waals surface area contributed by atoms with E-state index in [0.29, 0.717) is 38.5 Å². The topological polar surface area (TPSA) is 128 Å². The number of ether oxygens (including phenoxy) is 1. The molecule has 1 aromatic carbocycles. The highest BCUT2D eigenvalue weighted by molar-refractivity contribution is 7.89.